The first kappa shape index (κ1) is 21.6. The average molecular weight is 407 g/mol. The fraction of sp³-hybridized carbons (Fsp3) is 0.250. The molecule has 0 radical (unpaired) electrons. The van der Waals surface area contributed by atoms with Crippen LogP contribution in [0, 0.1) is 0 Å². The van der Waals surface area contributed by atoms with Gasteiger partial charge in [0, 0.05) is 22.6 Å². The van der Waals surface area contributed by atoms with Gasteiger partial charge in [-0.3, -0.25) is 14.4 Å². The molecule has 2 aromatic rings. The number of Topliss-reactive ketones (excluding diaryl/α,β-unsaturated/α-hetero) is 1. The van der Waals surface area contributed by atoms with Crippen LogP contribution in [0.1, 0.15) is 30.1 Å². The Labute approximate surface area is 165 Å². The van der Waals surface area contributed by atoms with Gasteiger partial charge in [0.25, 0.3) is 11.7 Å². The van der Waals surface area contributed by atoms with E-state index < -0.39 is 23.7 Å². The quantitative estimate of drug-likeness (QED) is 0.376. The molecule has 0 aliphatic rings. The summed E-state index contributed by atoms with van der Waals surface area (Å²) in [6.07, 6.45) is -1.21. The number of anilines is 1. The van der Waals surface area contributed by atoms with Crippen molar-refractivity contribution >= 4 is 35.1 Å². The SMILES string of the molecule is C[C@H](OC(=O)CCC(=O)c1ccccc1)C(=O)Nc1ccc(SC(F)F)cc1. The minimum absolute atomic E-state index is 0.0134. The normalized spacial score (nSPS) is 11.7. The smallest absolute Gasteiger partial charge is 0.307 e. The molecule has 0 aliphatic heterocycles. The molecule has 5 nitrogen and oxygen atoms in total. The van der Waals surface area contributed by atoms with Crippen molar-refractivity contribution in [2.75, 3.05) is 5.32 Å². The zero-order valence-corrected chi connectivity index (χ0v) is 15.9. The third-order valence-corrected chi connectivity index (χ3v) is 4.40. The number of carbonyl (C=O) groups excluding carboxylic acids is 3. The van der Waals surface area contributed by atoms with Gasteiger partial charge in [0.15, 0.2) is 11.9 Å². The molecule has 0 heterocycles. The lowest BCUT2D eigenvalue weighted by molar-refractivity contribution is -0.153. The van der Waals surface area contributed by atoms with Crippen molar-refractivity contribution in [3.63, 3.8) is 0 Å². The molecule has 0 saturated heterocycles. The van der Waals surface area contributed by atoms with Gasteiger partial charge in [0.05, 0.1) is 6.42 Å². The second kappa shape index (κ2) is 10.6. The predicted octanol–water partition coefficient (Wildman–Crippen LogP) is 4.53. The standard InChI is InChI=1S/C20H19F2NO4S/c1-13(19(26)23-15-7-9-16(10-8-15)28-20(21)22)27-18(25)12-11-17(24)14-5-3-2-4-6-14/h2-10,13,20H,11-12H2,1H3,(H,23,26)/t13-/m0/s1. The number of esters is 1. The average Bonchev–Trinajstić information content (AvgIpc) is 2.67. The molecule has 1 N–H and O–H groups in total. The largest absolute Gasteiger partial charge is 0.453 e. The molecule has 2 rings (SSSR count). The van der Waals surface area contributed by atoms with Crippen LogP contribution in [0.2, 0.25) is 0 Å². The maximum atomic E-state index is 12.3. The van der Waals surface area contributed by atoms with Gasteiger partial charge in [-0.25, -0.2) is 0 Å². The fourth-order valence-corrected chi connectivity index (χ4v) is 2.76. The van der Waals surface area contributed by atoms with Crippen LogP contribution in [-0.4, -0.2) is 29.5 Å². The van der Waals surface area contributed by atoms with Crippen molar-refractivity contribution < 1.29 is 27.9 Å². The molecule has 1 amide bonds. The Kier molecular flexibility index (Phi) is 8.13. The number of alkyl halides is 2. The number of hydrogen-bond donors (Lipinski definition) is 1. The van der Waals surface area contributed by atoms with E-state index in [-0.39, 0.29) is 18.6 Å². The second-order valence-electron chi connectivity index (χ2n) is 5.81. The van der Waals surface area contributed by atoms with E-state index in [4.69, 9.17) is 4.74 Å². The Bertz CT molecular complexity index is 813. The molecule has 28 heavy (non-hydrogen) atoms. The number of halogens is 2. The van der Waals surface area contributed by atoms with Crippen molar-refractivity contribution in [3.05, 3.63) is 60.2 Å². The maximum absolute atomic E-state index is 12.3. The number of amides is 1. The zero-order valence-electron chi connectivity index (χ0n) is 15.1. The number of benzene rings is 2. The van der Waals surface area contributed by atoms with Crippen LogP contribution in [0.25, 0.3) is 0 Å². The first-order chi connectivity index (χ1) is 13.3. The number of rotatable bonds is 9. The minimum atomic E-state index is -2.52. The van der Waals surface area contributed by atoms with E-state index in [1.807, 2.05) is 0 Å². The van der Waals surface area contributed by atoms with Gasteiger partial charge in [0.1, 0.15) is 0 Å². The Morgan fingerprint density at radius 2 is 1.64 bits per heavy atom. The van der Waals surface area contributed by atoms with Crippen molar-refractivity contribution in [1.29, 1.82) is 0 Å². The van der Waals surface area contributed by atoms with Crippen molar-refractivity contribution in [1.82, 2.24) is 0 Å². The van der Waals surface area contributed by atoms with E-state index in [2.05, 4.69) is 5.32 Å². The number of ether oxygens (including phenoxy) is 1. The molecule has 0 unspecified atom stereocenters. The van der Waals surface area contributed by atoms with E-state index in [1.54, 1.807) is 30.3 Å². The van der Waals surface area contributed by atoms with Crippen molar-refractivity contribution in [2.45, 2.75) is 36.5 Å². The summed E-state index contributed by atoms with van der Waals surface area (Å²) in [7, 11) is 0. The number of thioether (sulfide) groups is 1. The van der Waals surface area contributed by atoms with Gasteiger partial charge in [-0.2, -0.15) is 8.78 Å². The number of carbonyl (C=O) groups is 3. The van der Waals surface area contributed by atoms with Gasteiger partial charge in [0.2, 0.25) is 0 Å². The Morgan fingerprint density at radius 3 is 2.25 bits per heavy atom. The van der Waals surface area contributed by atoms with Gasteiger partial charge in [-0.05, 0) is 31.2 Å². The lowest BCUT2D eigenvalue weighted by atomic mass is 10.1. The Balaban J connectivity index is 1.78. The van der Waals surface area contributed by atoms with Gasteiger partial charge < -0.3 is 10.1 Å². The molecule has 2 aromatic carbocycles. The topological polar surface area (TPSA) is 72.5 Å². The highest BCUT2D eigenvalue weighted by atomic mass is 32.2. The van der Waals surface area contributed by atoms with E-state index >= 15 is 0 Å². The summed E-state index contributed by atoms with van der Waals surface area (Å²) in [6, 6.07) is 14.5. The molecule has 0 aromatic heterocycles. The van der Waals surface area contributed by atoms with Crippen LogP contribution in [0.4, 0.5) is 14.5 Å². The Hall–Kier alpha value is -2.74. The summed E-state index contributed by atoms with van der Waals surface area (Å²) >= 11 is 0.404. The molecule has 0 bridgehead atoms. The van der Waals surface area contributed by atoms with E-state index in [0.29, 0.717) is 27.9 Å². The zero-order chi connectivity index (χ0) is 20.5. The van der Waals surface area contributed by atoms with Crippen LogP contribution in [0.15, 0.2) is 59.5 Å². The minimum Gasteiger partial charge on any atom is -0.453 e. The van der Waals surface area contributed by atoms with E-state index in [9.17, 15) is 23.2 Å². The fourth-order valence-electron chi connectivity index (χ4n) is 2.26. The molecule has 8 heteroatoms. The van der Waals surface area contributed by atoms with Crippen LogP contribution in [0.3, 0.4) is 0 Å². The Morgan fingerprint density at radius 1 is 1.00 bits per heavy atom. The van der Waals surface area contributed by atoms with E-state index in [0.717, 1.165) is 0 Å². The molecule has 0 aliphatic carbocycles. The second-order valence-corrected chi connectivity index (χ2v) is 6.88. The molecule has 148 valence electrons. The number of nitrogens with one attached hydrogen (secondary N) is 1. The highest BCUT2D eigenvalue weighted by Crippen LogP contribution is 2.26. The lowest BCUT2D eigenvalue weighted by Gasteiger charge is -2.13. The summed E-state index contributed by atoms with van der Waals surface area (Å²) in [5.41, 5.74) is 0.903. The van der Waals surface area contributed by atoms with Crippen LogP contribution < -0.4 is 5.32 Å². The van der Waals surface area contributed by atoms with Crippen molar-refractivity contribution in [2.24, 2.45) is 0 Å². The number of hydrogen-bond acceptors (Lipinski definition) is 5. The molecular weight excluding hydrogens is 388 g/mol. The monoisotopic (exact) mass is 407 g/mol. The third kappa shape index (κ3) is 7.11. The molecule has 0 saturated carbocycles. The molecule has 0 fully saturated rings. The highest BCUT2D eigenvalue weighted by molar-refractivity contribution is 7.99. The molecule has 1 atom stereocenters. The van der Waals surface area contributed by atoms with Gasteiger partial charge in [-0.15, -0.1) is 0 Å². The molecule has 0 spiro atoms. The summed E-state index contributed by atoms with van der Waals surface area (Å²) in [5.74, 6) is -3.92. The lowest BCUT2D eigenvalue weighted by Crippen LogP contribution is -2.30. The first-order valence-corrected chi connectivity index (χ1v) is 9.36. The van der Waals surface area contributed by atoms with Crippen LogP contribution in [0.5, 0.6) is 0 Å². The van der Waals surface area contributed by atoms with Gasteiger partial charge in [-0.1, -0.05) is 42.1 Å². The first-order valence-electron chi connectivity index (χ1n) is 8.48. The summed E-state index contributed by atoms with van der Waals surface area (Å²) in [6.45, 7) is 1.41. The number of ketones is 1. The van der Waals surface area contributed by atoms with Gasteiger partial charge >= 0.3 is 5.97 Å². The highest BCUT2D eigenvalue weighted by Gasteiger charge is 2.19. The summed E-state index contributed by atoms with van der Waals surface area (Å²) in [4.78, 5) is 36.3. The summed E-state index contributed by atoms with van der Waals surface area (Å²) < 4.78 is 29.6. The molecular formula is C20H19F2NO4S. The third-order valence-electron chi connectivity index (χ3n) is 3.68. The maximum Gasteiger partial charge on any atom is 0.307 e. The van der Waals surface area contributed by atoms with E-state index in [1.165, 1.54) is 31.2 Å². The van der Waals surface area contributed by atoms with Crippen LogP contribution >= 0.6 is 11.8 Å². The summed E-state index contributed by atoms with van der Waals surface area (Å²) in [5, 5.41) is 2.54. The van der Waals surface area contributed by atoms with Crippen molar-refractivity contribution in [3.8, 4) is 0 Å². The van der Waals surface area contributed by atoms with Crippen LogP contribution in [-0.2, 0) is 14.3 Å². The predicted molar refractivity (Wildman–Crippen MR) is 102 cm³/mol.